The third kappa shape index (κ3) is 3.29. The van der Waals surface area contributed by atoms with Crippen molar-refractivity contribution in [3.05, 3.63) is 24.3 Å². The van der Waals surface area contributed by atoms with Gasteiger partial charge in [-0.05, 0) is 43.5 Å². The molecule has 5 heteroatoms. The van der Waals surface area contributed by atoms with Crippen LogP contribution in [0.5, 0.6) is 5.75 Å². The third-order valence-electron chi connectivity index (χ3n) is 4.38. The Morgan fingerprint density at radius 2 is 2.10 bits per heavy atom. The summed E-state index contributed by atoms with van der Waals surface area (Å²) in [6, 6.07) is 8.29. The molecule has 1 saturated heterocycles. The third-order valence-corrected chi connectivity index (χ3v) is 4.38. The number of carbonyl (C=O) groups is 1. The molecule has 1 saturated carbocycles. The van der Waals surface area contributed by atoms with Gasteiger partial charge in [-0.1, -0.05) is 0 Å². The molecule has 1 aliphatic carbocycles. The van der Waals surface area contributed by atoms with Crippen molar-refractivity contribution in [1.82, 2.24) is 10.6 Å². The highest BCUT2D eigenvalue weighted by Gasteiger charge is 2.28. The quantitative estimate of drug-likeness (QED) is 0.873. The Hall–Kier alpha value is -1.75. The van der Waals surface area contributed by atoms with Gasteiger partial charge in [0.25, 0.3) is 0 Å². The van der Waals surface area contributed by atoms with E-state index in [0.29, 0.717) is 12.6 Å². The summed E-state index contributed by atoms with van der Waals surface area (Å²) in [5.74, 6) is 0.992. The fourth-order valence-corrected chi connectivity index (χ4v) is 2.81. The zero-order valence-corrected chi connectivity index (χ0v) is 12.5. The summed E-state index contributed by atoms with van der Waals surface area (Å²) in [5, 5.41) is 6.44. The predicted octanol–water partition coefficient (Wildman–Crippen LogP) is 1.14. The molecular formula is C16H23N3O2. The first-order chi connectivity index (χ1) is 10.3. The Balaban J connectivity index is 1.60. The molecule has 5 nitrogen and oxygen atoms in total. The Morgan fingerprint density at radius 3 is 2.71 bits per heavy atom. The molecule has 1 atom stereocenters. The first-order valence-corrected chi connectivity index (χ1v) is 7.69. The molecule has 1 aliphatic heterocycles. The fraction of sp³-hybridized carbons (Fsp3) is 0.562. The Morgan fingerprint density at radius 1 is 1.33 bits per heavy atom. The number of piperazine rings is 1. The van der Waals surface area contributed by atoms with Crippen LogP contribution in [-0.4, -0.2) is 44.7 Å². The lowest BCUT2D eigenvalue weighted by Gasteiger charge is -2.36. The van der Waals surface area contributed by atoms with Gasteiger partial charge in [0.2, 0.25) is 5.91 Å². The van der Waals surface area contributed by atoms with Gasteiger partial charge in [-0.25, -0.2) is 0 Å². The summed E-state index contributed by atoms with van der Waals surface area (Å²) < 4.78 is 5.18. The number of ether oxygens (including phenoxy) is 1. The molecule has 3 rings (SSSR count). The fourth-order valence-electron chi connectivity index (χ4n) is 2.81. The van der Waals surface area contributed by atoms with Gasteiger partial charge in [0.05, 0.1) is 7.11 Å². The number of methoxy groups -OCH3 is 1. The first kappa shape index (κ1) is 14.2. The highest BCUT2D eigenvalue weighted by molar-refractivity contribution is 5.83. The molecule has 0 radical (unpaired) electrons. The second-order valence-corrected chi connectivity index (χ2v) is 5.79. The summed E-state index contributed by atoms with van der Waals surface area (Å²) in [4.78, 5) is 14.5. The van der Waals surface area contributed by atoms with Gasteiger partial charge in [0, 0.05) is 31.4 Å². The number of amides is 1. The number of hydrogen-bond donors (Lipinski definition) is 2. The number of benzene rings is 1. The van der Waals surface area contributed by atoms with E-state index in [0.717, 1.165) is 37.4 Å². The molecular weight excluding hydrogens is 266 g/mol. The SMILES string of the molecule is COc1ccc(N2CCN[C@H](C(=O)NC3CCC3)C2)cc1. The van der Waals surface area contributed by atoms with Crippen LogP contribution < -0.4 is 20.3 Å². The van der Waals surface area contributed by atoms with Gasteiger partial charge in [0.1, 0.15) is 11.8 Å². The lowest BCUT2D eigenvalue weighted by atomic mass is 9.93. The van der Waals surface area contributed by atoms with Crippen LogP contribution in [0.3, 0.4) is 0 Å². The van der Waals surface area contributed by atoms with Gasteiger partial charge >= 0.3 is 0 Å². The Labute approximate surface area is 125 Å². The molecule has 0 unspecified atom stereocenters. The van der Waals surface area contributed by atoms with Gasteiger partial charge in [-0.15, -0.1) is 0 Å². The molecule has 2 fully saturated rings. The topological polar surface area (TPSA) is 53.6 Å². The summed E-state index contributed by atoms with van der Waals surface area (Å²) in [6.07, 6.45) is 3.49. The van der Waals surface area contributed by atoms with Gasteiger partial charge < -0.3 is 20.3 Å². The largest absolute Gasteiger partial charge is 0.497 e. The first-order valence-electron chi connectivity index (χ1n) is 7.69. The van der Waals surface area contributed by atoms with E-state index in [2.05, 4.69) is 15.5 Å². The molecule has 0 aromatic heterocycles. The molecule has 1 amide bonds. The molecule has 2 N–H and O–H groups in total. The molecule has 0 spiro atoms. The van der Waals surface area contributed by atoms with Crippen molar-refractivity contribution in [2.45, 2.75) is 31.3 Å². The summed E-state index contributed by atoms with van der Waals surface area (Å²) >= 11 is 0. The Kier molecular flexibility index (Phi) is 4.29. The van der Waals surface area contributed by atoms with E-state index in [-0.39, 0.29) is 11.9 Å². The van der Waals surface area contributed by atoms with Gasteiger partial charge in [-0.3, -0.25) is 4.79 Å². The van der Waals surface area contributed by atoms with Crippen LogP contribution in [0.25, 0.3) is 0 Å². The van der Waals surface area contributed by atoms with Crippen LogP contribution in [0.4, 0.5) is 5.69 Å². The van der Waals surface area contributed by atoms with Crippen LogP contribution in [-0.2, 0) is 4.79 Å². The second-order valence-electron chi connectivity index (χ2n) is 5.79. The number of rotatable bonds is 4. The van der Waals surface area contributed by atoms with E-state index in [1.165, 1.54) is 6.42 Å². The highest BCUT2D eigenvalue weighted by Crippen LogP contribution is 2.21. The lowest BCUT2D eigenvalue weighted by Crippen LogP contribution is -2.59. The average molecular weight is 289 g/mol. The minimum absolute atomic E-state index is 0.124. The van der Waals surface area contributed by atoms with E-state index in [1.807, 2.05) is 24.3 Å². The smallest absolute Gasteiger partial charge is 0.239 e. The van der Waals surface area contributed by atoms with Crippen molar-refractivity contribution in [2.75, 3.05) is 31.6 Å². The van der Waals surface area contributed by atoms with Gasteiger partial charge in [0.15, 0.2) is 0 Å². The van der Waals surface area contributed by atoms with E-state index in [4.69, 9.17) is 4.74 Å². The van der Waals surface area contributed by atoms with E-state index in [9.17, 15) is 4.79 Å². The van der Waals surface area contributed by atoms with Crippen LogP contribution in [0.15, 0.2) is 24.3 Å². The van der Waals surface area contributed by atoms with Crippen molar-refractivity contribution in [3.63, 3.8) is 0 Å². The molecule has 1 aromatic carbocycles. The number of nitrogens with one attached hydrogen (secondary N) is 2. The molecule has 1 heterocycles. The molecule has 0 bridgehead atoms. The van der Waals surface area contributed by atoms with Crippen molar-refractivity contribution in [3.8, 4) is 5.75 Å². The summed E-state index contributed by atoms with van der Waals surface area (Å²) in [6.45, 7) is 2.46. The lowest BCUT2D eigenvalue weighted by molar-refractivity contribution is -0.124. The maximum absolute atomic E-state index is 12.3. The van der Waals surface area contributed by atoms with Crippen LogP contribution in [0.1, 0.15) is 19.3 Å². The van der Waals surface area contributed by atoms with E-state index >= 15 is 0 Å². The summed E-state index contributed by atoms with van der Waals surface area (Å²) in [7, 11) is 1.67. The molecule has 114 valence electrons. The number of nitrogens with zero attached hydrogens (tertiary/aromatic N) is 1. The maximum Gasteiger partial charge on any atom is 0.239 e. The van der Waals surface area contributed by atoms with Crippen LogP contribution in [0.2, 0.25) is 0 Å². The Bertz CT molecular complexity index is 485. The van der Waals surface area contributed by atoms with Crippen LogP contribution in [0, 0.1) is 0 Å². The van der Waals surface area contributed by atoms with Crippen molar-refractivity contribution < 1.29 is 9.53 Å². The maximum atomic E-state index is 12.3. The predicted molar refractivity (Wildman–Crippen MR) is 82.8 cm³/mol. The van der Waals surface area contributed by atoms with Crippen molar-refractivity contribution in [2.24, 2.45) is 0 Å². The molecule has 1 aromatic rings. The molecule has 2 aliphatic rings. The molecule has 21 heavy (non-hydrogen) atoms. The monoisotopic (exact) mass is 289 g/mol. The van der Waals surface area contributed by atoms with Crippen molar-refractivity contribution >= 4 is 11.6 Å². The van der Waals surface area contributed by atoms with Gasteiger partial charge in [-0.2, -0.15) is 0 Å². The highest BCUT2D eigenvalue weighted by atomic mass is 16.5. The van der Waals surface area contributed by atoms with E-state index < -0.39 is 0 Å². The zero-order chi connectivity index (χ0) is 14.7. The normalized spacial score (nSPS) is 22.5. The number of carbonyl (C=O) groups excluding carboxylic acids is 1. The van der Waals surface area contributed by atoms with E-state index in [1.54, 1.807) is 7.11 Å². The number of anilines is 1. The minimum atomic E-state index is -0.124. The summed E-state index contributed by atoms with van der Waals surface area (Å²) in [5.41, 5.74) is 1.14. The second kappa shape index (κ2) is 6.35. The standard InChI is InChI=1S/C16H23N3O2/c1-21-14-7-5-13(6-8-14)19-10-9-17-15(11-19)16(20)18-12-3-2-4-12/h5-8,12,15,17H,2-4,9-11H2,1H3,(H,18,20)/t15-/m0/s1. The average Bonchev–Trinajstić information content (AvgIpc) is 2.51. The minimum Gasteiger partial charge on any atom is -0.497 e. The number of hydrogen-bond acceptors (Lipinski definition) is 4. The van der Waals surface area contributed by atoms with Crippen molar-refractivity contribution in [1.29, 1.82) is 0 Å². The van der Waals surface area contributed by atoms with Crippen LogP contribution >= 0.6 is 0 Å². The zero-order valence-electron chi connectivity index (χ0n) is 12.5.